The molecule has 0 saturated carbocycles. The largest absolute Gasteiger partial charge is 0.481 e. The Morgan fingerprint density at radius 1 is 1.54 bits per heavy atom. The standard InChI is InChI=1S/C10H16O2S/c11-10(12)6-2-1-4-9-5-3-7-13-8-9/h1-2,9H,3-8H2,(H,11,12)/b2-1-. The summed E-state index contributed by atoms with van der Waals surface area (Å²) in [4.78, 5) is 10.2. The van der Waals surface area contributed by atoms with Gasteiger partial charge in [-0.1, -0.05) is 12.2 Å². The lowest BCUT2D eigenvalue weighted by Crippen LogP contribution is -2.09. The van der Waals surface area contributed by atoms with Crippen molar-refractivity contribution in [1.29, 1.82) is 0 Å². The van der Waals surface area contributed by atoms with Crippen LogP contribution in [0.4, 0.5) is 0 Å². The van der Waals surface area contributed by atoms with Gasteiger partial charge in [0.25, 0.3) is 0 Å². The van der Waals surface area contributed by atoms with E-state index in [-0.39, 0.29) is 6.42 Å². The molecule has 1 aliphatic rings. The Morgan fingerprint density at radius 2 is 2.38 bits per heavy atom. The number of hydrogen-bond donors (Lipinski definition) is 1. The van der Waals surface area contributed by atoms with Crippen LogP contribution in [0, 0.1) is 5.92 Å². The van der Waals surface area contributed by atoms with Crippen molar-refractivity contribution in [3.8, 4) is 0 Å². The topological polar surface area (TPSA) is 37.3 Å². The lowest BCUT2D eigenvalue weighted by molar-refractivity contribution is -0.136. The van der Waals surface area contributed by atoms with Crippen LogP contribution in [-0.4, -0.2) is 22.6 Å². The molecule has 0 aromatic carbocycles. The zero-order valence-corrected chi connectivity index (χ0v) is 8.55. The van der Waals surface area contributed by atoms with Gasteiger partial charge in [-0.25, -0.2) is 0 Å². The molecular formula is C10H16O2S. The van der Waals surface area contributed by atoms with Crippen LogP contribution in [0.25, 0.3) is 0 Å². The Balaban J connectivity index is 2.09. The SMILES string of the molecule is O=C(O)C/C=C\CC1CCCSC1. The molecular weight excluding hydrogens is 184 g/mol. The van der Waals surface area contributed by atoms with E-state index in [9.17, 15) is 4.79 Å². The molecule has 1 unspecified atom stereocenters. The number of allylic oxidation sites excluding steroid dienone is 1. The summed E-state index contributed by atoms with van der Waals surface area (Å²) in [5.41, 5.74) is 0. The first-order chi connectivity index (χ1) is 6.29. The lowest BCUT2D eigenvalue weighted by atomic mass is 10.0. The van der Waals surface area contributed by atoms with Crippen molar-refractivity contribution in [3.05, 3.63) is 12.2 Å². The first-order valence-electron chi connectivity index (χ1n) is 4.73. The summed E-state index contributed by atoms with van der Waals surface area (Å²) < 4.78 is 0. The van der Waals surface area contributed by atoms with E-state index in [0.717, 1.165) is 12.3 Å². The van der Waals surface area contributed by atoms with Crippen molar-refractivity contribution in [3.63, 3.8) is 0 Å². The number of carboxylic acid groups (broad SMARTS) is 1. The highest BCUT2D eigenvalue weighted by atomic mass is 32.2. The van der Waals surface area contributed by atoms with Gasteiger partial charge in [0.2, 0.25) is 0 Å². The van der Waals surface area contributed by atoms with Crippen molar-refractivity contribution in [2.24, 2.45) is 5.92 Å². The van der Waals surface area contributed by atoms with E-state index in [0.29, 0.717) is 0 Å². The summed E-state index contributed by atoms with van der Waals surface area (Å²) in [5, 5.41) is 8.40. The second kappa shape index (κ2) is 6.08. The van der Waals surface area contributed by atoms with Crippen LogP contribution >= 0.6 is 11.8 Å². The summed E-state index contributed by atoms with van der Waals surface area (Å²) in [6.07, 6.45) is 7.64. The van der Waals surface area contributed by atoms with Crippen molar-refractivity contribution in [2.45, 2.75) is 25.7 Å². The zero-order valence-electron chi connectivity index (χ0n) is 7.74. The fourth-order valence-electron chi connectivity index (χ4n) is 1.47. The van der Waals surface area contributed by atoms with Gasteiger partial charge in [-0.2, -0.15) is 11.8 Å². The van der Waals surface area contributed by atoms with Crippen LogP contribution in [0.5, 0.6) is 0 Å². The quantitative estimate of drug-likeness (QED) is 0.709. The molecule has 0 aliphatic carbocycles. The molecule has 0 aromatic heterocycles. The summed E-state index contributed by atoms with van der Waals surface area (Å²) in [5.74, 6) is 2.59. The van der Waals surface area contributed by atoms with Gasteiger partial charge in [0.15, 0.2) is 0 Å². The Morgan fingerprint density at radius 3 is 3.00 bits per heavy atom. The van der Waals surface area contributed by atoms with E-state index in [1.54, 1.807) is 6.08 Å². The maximum atomic E-state index is 10.2. The molecule has 2 nitrogen and oxygen atoms in total. The number of rotatable bonds is 4. The monoisotopic (exact) mass is 200 g/mol. The fraction of sp³-hybridized carbons (Fsp3) is 0.700. The Labute approximate surface area is 83.4 Å². The number of hydrogen-bond acceptors (Lipinski definition) is 2. The number of carboxylic acids is 1. The third-order valence-electron chi connectivity index (χ3n) is 2.18. The van der Waals surface area contributed by atoms with Gasteiger partial charge in [0, 0.05) is 0 Å². The van der Waals surface area contributed by atoms with E-state index in [4.69, 9.17) is 5.11 Å². The van der Waals surface area contributed by atoms with Gasteiger partial charge in [0.05, 0.1) is 6.42 Å². The van der Waals surface area contributed by atoms with Gasteiger partial charge in [0.1, 0.15) is 0 Å². The highest BCUT2D eigenvalue weighted by molar-refractivity contribution is 7.99. The minimum Gasteiger partial charge on any atom is -0.481 e. The third-order valence-corrected chi connectivity index (χ3v) is 3.47. The molecule has 0 amide bonds. The predicted molar refractivity (Wildman–Crippen MR) is 56.1 cm³/mol. The maximum Gasteiger partial charge on any atom is 0.307 e. The molecule has 1 N–H and O–H groups in total. The third kappa shape index (κ3) is 4.98. The lowest BCUT2D eigenvalue weighted by Gasteiger charge is -2.19. The van der Waals surface area contributed by atoms with Crippen molar-refractivity contribution >= 4 is 17.7 Å². The number of carbonyl (C=O) groups is 1. The summed E-state index contributed by atoms with van der Waals surface area (Å²) in [6.45, 7) is 0. The van der Waals surface area contributed by atoms with Crippen LogP contribution in [0.3, 0.4) is 0 Å². The van der Waals surface area contributed by atoms with Crippen LogP contribution in [0.2, 0.25) is 0 Å². The zero-order chi connectivity index (χ0) is 9.52. The van der Waals surface area contributed by atoms with Gasteiger partial charge < -0.3 is 5.11 Å². The number of thioether (sulfide) groups is 1. The molecule has 3 heteroatoms. The molecule has 0 spiro atoms. The van der Waals surface area contributed by atoms with E-state index < -0.39 is 5.97 Å². The summed E-state index contributed by atoms with van der Waals surface area (Å²) in [6, 6.07) is 0. The van der Waals surface area contributed by atoms with E-state index in [1.165, 1.54) is 24.3 Å². The highest BCUT2D eigenvalue weighted by Crippen LogP contribution is 2.25. The molecule has 0 bridgehead atoms. The molecule has 0 aromatic rings. The van der Waals surface area contributed by atoms with Crippen molar-refractivity contribution in [1.82, 2.24) is 0 Å². The molecule has 1 fully saturated rings. The molecule has 1 saturated heterocycles. The molecule has 1 aliphatic heterocycles. The van der Waals surface area contributed by atoms with E-state index in [2.05, 4.69) is 0 Å². The molecule has 1 atom stereocenters. The van der Waals surface area contributed by atoms with Crippen LogP contribution in [-0.2, 0) is 4.79 Å². The molecule has 1 rings (SSSR count). The second-order valence-electron chi connectivity index (χ2n) is 3.39. The fourth-order valence-corrected chi connectivity index (χ4v) is 2.64. The summed E-state index contributed by atoms with van der Waals surface area (Å²) >= 11 is 2.02. The van der Waals surface area contributed by atoms with Crippen molar-refractivity contribution < 1.29 is 9.90 Å². The Bertz CT molecular complexity index is 183. The normalized spacial score (nSPS) is 23.5. The van der Waals surface area contributed by atoms with E-state index >= 15 is 0 Å². The summed E-state index contributed by atoms with van der Waals surface area (Å²) in [7, 11) is 0. The van der Waals surface area contributed by atoms with Crippen LogP contribution in [0.1, 0.15) is 25.7 Å². The average molecular weight is 200 g/mol. The molecule has 1 heterocycles. The highest BCUT2D eigenvalue weighted by Gasteiger charge is 2.11. The first-order valence-corrected chi connectivity index (χ1v) is 5.89. The Hall–Kier alpha value is -0.440. The van der Waals surface area contributed by atoms with E-state index in [1.807, 2.05) is 17.8 Å². The van der Waals surface area contributed by atoms with Crippen LogP contribution < -0.4 is 0 Å². The van der Waals surface area contributed by atoms with Crippen molar-refractivity contribution in [2.75, 3.05) is 11.5 Å². The minimum atomic E-state index is -0.741. The smallest absolute Gasteiger partial charge is 0.307 e. The molecule has 74 valence electrons. The first kappa shape index (κ1) is 10.6. The average Bonchev–Trinajstić information content (AvgIpc) is 2.14. The van der Waals surface area contributed by atoms with Crippen LogP contribution in [0.15, 0.2) is 12.2 Å². The number of aliphatic carboxylic acids is 1. The van der Waals surface area contributed by atoms with Gasteiger partial charge in [-0.15, -0.1) is 0 Å². The molecule has 0 radical (unpaired) electrons. The minimum absolute atomic E-state index is 0.167. The van der Waals surface area contributed by atoms with Gasteiger partial charge in [-0.3, -0.25) is 4.79 Å². The predicted octanol–water partition coefficient (Wildman–Crippen LogP) is 2.55. The Kier molecular flexibility index (Phi) is 4.98. The van der Waals surface area contributed by atoms with Gasteiger partial charge in [-0.05, 0) is 36.7 Å². The molecule has 13 heavy (non-hydrogen) atoms. The van der Waals surface area contributed by atoms with Gasteiger partial charge >= 0.3 is 5.97 Å². The second-order valence-corrected chi connectivity index (χ2v) is 4.54. The maximum absolute atomic E-state index is 10.2.